The molecule has 0 amide bonds. The van der Waals surface area contributed by atoms with Gasteiger partial charge in [0.05, 0.1) is 0 Å². The highest BCUT2D eigenvalue weighted by atomic mass is 127. The number of carbonyl (C=O) groups is 2. The summed E-state index contributed by atoms with van der Waals surface area (Å²) in [6, 6.07) is 0. The first-order chi connectivity index (χ1) is 4.22. The largest absolute Gasteiger partial charge is 0.389 e. The maximum absolute atomic E-state index is 10.5. The quantitative estimate of drug-likeness (QED) is 0.552. The van der Waals surface area contributed by atoms with E-state index >= 15 is 0 Å². The highest BCUT2D eigenvalue weighted by Crippen LogP contribution is 1.94. The zero-order chi connectivity index (χ0) is 7.28. The SMILES string of the molecule is CCCC(=O)C(=O)OI. The Kier molecular flexibility index (Phi) is 4.65. The number of hydrogen-bond donors (Lipinski definition) is 0. The monoisotopic (exact) mass is 242 g/mol. The summed E-state index contributed by atoms with van der Waals surface area (Å²) in [6.07, 6.45) is 0.965. The van der Waals surface area contributed by atoms with E-state index in [1.54, 1.807) is 0 Å². The maximum atomic E-state index is 10.5. The summed E-state index contributed by atoms with van der Waals surface area (Å²) in [6.45, 7) is 1.83. The molecular weight excluding hydrogens is 235 g/mol. The summed E-state index contributed by atoms with van der Waals surface area (Å²) >= 11 is 1.40. The van der Waals surface area contributed by atoms with Crippen molar-refractivity contribution in [3.8, 4) is 0 Å². The zero-order valence-electron chi connectivity index (χ0n) is 5.02. The van der Waals surface area contributed by atoms with Gasteiger partial charge in [0.25, 0.3) is 0 Å². The summed E-state index contributed by atoms with van der Waals surface area (Å²) in [4.78, 5) is 20.8. The molecule has 0 aliphatic heterocycles. The highest BCUT2D eigenvalue weighted by Gasteiger charge is 2.11. The Balaban J connectivity index is 3.60. The average molecular weight is 242 g/mol. The summed E-state index contributed by atoms with van der Waals surface area (Å²) in [7, 11) is 0. The molecule has 0 atom stereocenters. The first-order valence-electron chi connectivity index (χ1n) is 2.58. The van der Waals surface area contributed by atoms with Gasteiger partial charge < -0.3 is 3.07 Å². The van der Waals surface area contributed by atoms with Crippen molar-refractivity contribution in [3.05, 3.63) is 0 Å². The van der Waals surface area contributed by atoms with Gasteiger partial charge in [-0.3, -0.25) is 4.79 Å². The van der Waals surface area contributed by atoms with Gasteiger partial charge in [-0.25, -0.2) is 4.79 Å². The van der Waals surface area contributed by atoms with E-state index in [1.165, 1.54) is 23.0 Å². The summed E-state index contributed by atoms with van der Waals surface area (Å²) in [5.41, 5.74) is 0. The molecule has 0 heterocycles. The lowest BCUT2D eigenvalue weighted by atomic mass is 10.2. The van der Waals surface area contributed by atoms with Crippen molar-refractivity contribution >= 4 is 34.8 Å². The molecule has 0 aromatic rings. The molecule has 0 aromatic carbocycles. The van der Waals surface area contributed by atoms with E-state index in [1.807, 2.05) is 6.92 Å². The molecule has 0 fully saturated rings. The molecule has 0 unspecified atom stereocenters. The summed E-state index contributed by atoms with van der Waals surface area (Å²) in [5.74, 6) is -1.20. The van der Waals surface area contributed by atoms with Crippen LogP contribution in [0.3, 0.4) is 0 Å². The van der Waals surface area contributed by atoms with Gasteiger partial charge in [0.15, 0.2) is 23.0 Å². The molecule has 0 bridgehead atoms. The molecule has 0 saturated carbocycles. The molecule has 0 rings (SSSR count). The Morgan fingerprint density at radius 2 is 2.11 bits per heavy atom. The van der Waals surface area contributed by atoms with Crippen molar-refractivity contribution in [2.24, 2.45) is 0 Å². The second-order valence-electron chi connectivity index (χ2n) is 1.54. The third-order valence-corrected chi connectivity index (χ3v) is 1.17. The fourth-order valence-corrected chi connectivity index (χ4v) is 0.618. The molecule has 0 radical (unpaired) electrons. The van der Waals surface area contributed by atoms with E-state index < -0.39 is 11.8 Å². The Bertz CT molecular complexity index is 121. The van der Waals surface area contributed by atoms with Crippen LogP contribution in [0, 0.1) is 0 Å². The van der Waals surface area contributed by atoms with Crippen molar-refractivity contribution < 1.29 is 12.7 Å². The van der Waals surface area contributed by atoms with Crippen molar-refractivity contribution in [1.29, 1.82) is 0 Å². The molecule has 0 saturated heterocycles. The zero-order valence-corrected chi connectivity index (χ0v) is 7.17. The molecule has 3 nitrogen and oxygen atoms in total. The third kappa shape index (κ3) is 3.45. The van der Waals surface area contributed by atoms with E-state index in [2.05, 4.69) is 3.07 Å². The topological polar surface area (TPSA) is 43.4 Å². The molecule has 0 spiro atoms. The normalized spacial score (nSPS) is 8.67. The van der Waals surface area contributed by atoms with Crippen molar-refractivity contribution in [2.75, 3.05) is 0 Å². The molecule has 0 aliphatic carbocycles. The second kappa shape index (κ2) is 4.72. The van der Waals surface area contributed by atoms with Gasteiger partial charge in [0.2, 0.25) is 5.78 Å². The fourth-order valence-electron chi connectivity index (χ4n) is 0.372. The van der Waals surface area contributed by atoms with Gasteiger partial charge in [-0.1, -0.05) is 6.92 Å². The van der Waals surface area contributed by atoms with E-state index in [9.17, 15) is 9.59 Å². The van der Waals surface area contributed by atoms with Crippen LogP contribution in [0.4, 0.5) is 0 Å². The Labute approximate surface area is 67.4 Å². The van der Waals surface area contributed by atoms with Crippen molar-refractivity contribution in [2.45, 2.75) is 19.8 Å². The third-order valence-electron chi connectivity index (χ3n) is 0.775. The van der Waals surface area contributed by atoms with Crippen LogP contribution >= 0.6 is 23.0 Å². The van der Waals surface area contributed by atoms with Crippen LogP contribution in [0.5, 0.6) is 0 Å². The second-order valence-corrected chi connectivity index (χ2v) is 1.98. The van der Waals surface area contributed by atoms with E-state index in [-0.39, 0.29) is 6.42 Å². The van der Waals surface area contributed by atoms with Gasteiger partial charge >= 0.3 is 5.97 Å². The van der Waals surface area contributed by atoms with E-state index in [4.69, 9.17) is 0 Å². The van der Waals surface area contributed by atoms with Crippen molar-refractivity contribution in [1.82, 2.24) is 0 Å². The van der Waals surface area contributed by atoms with Gasteiger partial charge in [-0.2, -0.15) is 0 Å². The summed E-state index contributed by atoms with van der Waals surface area (Å²) < 4.78 is 4.15. The molecular formula is C5H7IO3. The van der Waals surface area contributed by atoms with Gasteiger partial charge in [0, 0.05) is 6.42 Å². The van der Waals surface area contributed by atoms with Crippen LogP contribution in [0.15, 0.2) is 0 Å². The number of halogens is 1. The minimum absolute atomic E-state index is 0.280. The minimum Gasteiger partial charge on any atom is -0.389 e. The van der Waals surface area contributed by atoms with Gasteiger partial charge in [0.1, 0.15) is 0 Å². The van der Waals surface area contributed by atoms with Crippen LogP contribution in [0.1, 0.15) is 19.8 Å². The predicted molar refractivity (Wildman–Crippen MR) is 40.0 cm³/mol. The minimum atomic E-state index is -0.752. The van der Waals surface area contributed by atoms with Crippen LogP contribution in [-0.4, -0.2) is 11.8 Å². The van der Waals surface area contributed by atoms with Crippen LogP contribution in [0.25, 0.3) is 0 Å². The number of ketones is 1. The molecule has 0 N–H and O–H groups in total. The van der Waals surface area contributed by atoms with Crippen LogP contribution in [-0.2, 0) is 12.7 Å². The van der Waals surface area contributed by atoms with Crippen molar-refractivity contribution in [3.63, 3.8) is 0 Å². The average Bonchev–Trinajstić information content (AvgIpc) is 1.87. The smallest absolute Gasteiger partial charge is 0.383 e. The number of Topliss-reactive ketones (excluding diaryl/α,β-unsaturated/α-hetero) is 1. The van der Waals surface area contributed by atoms with Gasteiger partial charge in [-0.15, -0.1) is 0 Å². The lowest BCUT2D eigenvalue weighted by molar-refractivity contribution is -0.144. The Morgan fingerprint density at radius 1 is 1.56 bits per heavy atom. The Hall–Kier alpha value is -0.130. The first-order valence-corrected chi connectivity index (χ1v) is 3.46. The maximum Gasteiger partial charge on any atom is 0.383 e. The number of carbonyl (C=O) groups excluding carboxylic acids is 2. The van der Waals surface area contributed by atoms with Gasteiger partial charge in [-0.05, 0) is 6.42 Å². The number of rotatable bonds is 3. The van der Waals surface area contributed by atoms with Crippen LogP contribution in [0.2, 0.25) is 0 Å². The number of hydrogen-bond acceptors (Lipinski definition) is 3. The highest BCUT2D eigenvalue weighted by molar-refractivity contribution is 14.1. The Morgan fingerprint density at radius 3 is 2.44 bits per heavy atom. The molecule has 0 aliphatic rings. The lowest BCUT2D eigenvalue weighted by Crippen LogP contribution is -2.12. The molecule has 52 valence electrons. The molecule has 9 heavy (non-hydrogen) atoms. The summed E-state index contributed by atoms with van der Waals surface area (Å²) in [5, 5.41) is 0. The molecule has 0 aromatic heterocycles. The first kappa shape index (κ1) is 8.87. The van der Waals surface area contributed by atoms with Crippen LogP contribution < -0.4 is 0 Å². The van der Waals surface area contributed by atoms with E-state index in [0.717, 1.165) is 0 Å². The fraction of sp³-hybridized carbons (Fsp3) is 0.600. The molecule has 4 heteroatoms. The predicted octanol–water partition coefficient (Wildman–Crippen LogP) is 1.25. The lowest BCUT2D eigenvalue weighted by Gasteiger charge is -1.90. The van der Waals surface area contributed by atoms with E-state index in [0.29, 0.717) is 6.42 Å². The standard InChI is InChI=1S/C5H7IO3/c1-2-3-4(7)5(8)9-6/h2-3H2,1H3.